The average molecular weight is 331 g/mol. The van der Waals surface area contributed by atoms with Crippen LogP contribution in [0.2, 0.25) is 0 Å². The first-order chi connectivity index (χ1) is 8.93. The van der Waals surface area contributed by atoms with Gasteiger partial charge in [0.05, 0.1) is 5.69 Å². The molecule has 0 aromatic heterocycles. The van der Waals surface area contributed by atoms with E-state index in [4.69, 9.17) is 5.11 Å². The molecule has 7 heteroatoms. The molecule has 1 rings (SSSR count). The fraction of sp³-hybridized carbons (Fsp3) is 0.167. The molecule has 1 atom stereocenters. The van der Waals surface area contributed by atoms with Gasteiger partial charge in [0, 0.05) is 4.47 Å². The summed E-state index contributed by atoms with van der Waals surface area (Å²) < 4.78 is 13.2. The maximum atomic E-state index is 12.9. The summed E-state index contributed by atoms with van der Waals surface area (Å²) in [6.07, 6.45) is 1.50. The Labute approximate surface area is 117 Å². The second-order valence-corrected chi connectivity index (χ2v) is 4.49. The van der Waals surface area contributed by atoms with Crippen LogP contribution in [0.3, 0.4) is 0 Å². The van der Waals surface area contributed by atoms with Gasteiger partial charge >= 0.3 is 12.0 Å². The van der Waals surface area contributed by atoms with Gasteiger partial charge in [-0.05, 0) is 40.5 Å². The van der Waals surface area contributed by atoms with E-state index in [0.29, 0.717) is 10.2 Å². The Kier molecular flexibility index (Phi) is 5.50. The first-order valence-corrected chi connectivity index (χ1v) is 6.09. The molecule has 0 heterocycles. The van der Waals surface area contributed by atoms with Gasteiger partial charge < -0.3 is 15.7 Å². The quantitative estimate of drug-likeness (QED) is 0.726. The molecule has 0 aliphatic heterocycles. The van der Waals surface area contributed by atoms with Crippen molar-refractivity contribution in [3.8, 4) is 0 Å². The van der Waals surface area contributed by atoms with E-state index < -0.39 is 23.9 Å². The molecular formula is C12H12BrFN2O3. The Balaban J connectivity index is 2.68. The highest BCUT2D eigenvalue weighted by Crippen LogP contribution is 2.22. The second kappa shape index (κ2) is 6.89. The van der Waals surface area contributed by atoms with Crippen molar-refractivity contribution >= 4 is 33.6 Å². The summed E-state index contributed by atoms with van der Waals surface area (Å²) in [6.45, 7) is 3.41. The van der Waals surface area contributed by atoms with Crippen LogP contribution in [0.1, 0.15) is 6.42 Å². The third kappa shape index (κ3) is 4.70. The van der Waals surface area contributed by atoms with E-state index in [-0.39, 0.29) is 6.42 Å². The van der Waals surface area contributed by atoms with Crippen LogP contribution in [0.5, 0.6) is 0 Å². The fourth-order valence-electron chi connectivity index (χ4n) is 1.30. The molecule has 2 amide bonds. The standard InChI is InChI=1S/C12H12BrFN2O3/c1-2-3-10(11(17)18)16-12(19)15-9-5-4-7(14)6-8(9)13/h2,4-6,10H,1,3H2,(H,17,18)(H2,15,16,19). The number of carbonyl (C=O) groups excluding carboxylic acids is 1. The van der Waals surface area contributed by atoms with Crippen LogP contribution < -0.4 is 10.6 Å². The van der Waals surface area contributed by atoms with Crippen molar-refractivity contribution in [2.75, 3.05) is 5.32 Å². The molecule has 5 nitrogen and oxygen atoms in total. The van der Waals surface area contributed by atoms with Crippen LogP contribution in [0.15, 0.2) is 35.3 Å². The third-order valence-corrected chi connectivity index (χ3v) is 2.84. The first kappa shape index (κ1) is 15.2. The lowest BCUT2D eigenvalue weighted by Gasteiger charge is -2.14. The predicted molar refractivity (Wildman–Crippen MR) is 72.5 cm³/mol. The van der Waals surface area contributed by atoms with Crippen LogP contribution >= 0.6 is 15.9 Å². The average Bonchev–Trinajstić information content (AvgIpc) is 2.32. The van der Waals surface area contributed by atoms with Gasteiger partial charge in [0.2, 0.25) is 0 Å². The number of carbonyl (C=O) groups is 2. The normalized spacial score (nSPS) is 11.5. The molecule has 1 unspecified atom stereocenters. The van der Waals surface area contributed by atoms with Gasteiger partial charge in [-0.15, -0.1) is 6.58 Å². The second-order valence-electron chi connectivity index (χ2n) is 3.64. The van der Waals surface area contributed by atoms with Crippen molar-refractivity contribution in [2.24, 2.45) is 0 Å². The highest BCUT2D eigenvalue weighted by atomic mass is 79.9. The Morgan fingerprint density at radius 3 is 2.74 bits per heavy atom. The van der Waals surface area contributed by atoms with Crippen molar-refractivity contribution in [3.05, 3.63) is 41.1 Å². The van der Waals surface area contributed by atoms with E-state index in [1.807, 2.05) is 0 Å². The maximum absolute atomic E-state index is 12.9. The minimum absolute atomic E-state index is 0.105. The molecule has 102 valence electrons. The summed E-state index contributed by atoms with van der Waals surface area (Å²) in [5.41, 5.74) is 0.335. The third-order valence-electron chi connectivity index (χ3n) is 2.19. The maximum Gasteiger partial charge on any atom is 0.326 e. The lowest BCUT2D eigenvalue weighted by atomic mass is 10.2. The molecule has 1 aromatic rings. The van der Waals surface area contributed by atoms with Crippen molar-refractivity contribution in [3.63, 3.8) is 0 Å². The van der Waals surface area contributed by atoms with Crippen LogP contribution in [0, 0.1) is 5.82 Å². The SMILES string of the molecule is C=CCC(NC(=O)Nc1ccc(F)cc1Br)C(=O)O. The molecular weight excluding hydrogens is 319 g/mol. The van der Waals surface area contributed by atoms with Gasteiger partial charge in [0.15, 0.2) is 0 Å². The van der Waals surface area contributed by atoms with E-state index in [0.717, 1.165) is 0 Å². The fourth-order valence-corrected chi connectivity index (χ4v) is 1.75. The zero-order chi connectivity index (χ0) is 14.4. The summed E-state index contributed by atoms with van der Waals surface area (Å²) in [6, 6.07) is 1.98. The molecule has 0 saturated carbocycles. The van der Waals surface area contributed by atoms with Crippen LogP contribution in [-0.4, -0.2) is 23.1 Å². The first-order valence-electron chi connectivity index (χ1n) is 5.30. The Bertz CT molecular complexity index is 508. The number of halogens is 2. The number of aliphatic carboxylic acids is 1. The molecule has 0 aliphatic carbocycles. The van der Waals surface area contributed by atoms with Crippen molar-refractivity contribution < 1.29 is 19.1 Å². The van der Waals surface area contributed by atoms with Gasteiger partial charge in [0.1, 0.15) is 11.9 Å². The molecule has 0 aliphatic rings. The number of benzene rings is 1. The molecule has 3 N–H and O–H groups in total. The lowest BCUT2D eigenvalue weighted by molar-refractivity contribution is -0.139. The molecule has 0 saturated heterocycles. The van der Waals surface area contributed by atoms with Crippen molar-refractivity contribution in [2.45, 2.75) is 12.5 Å². The number of urea groups is 1. The lowest BCUT2D eigenvalue weighted by Crippen LogP contribution is -2.42. The predicted octanol–water partition coefficient (Wildman–Crippen LogP) is 2.74. The summed E-state index contributed by atoms with van der Waals surface area (Å²) in [5, 5.41) is 13.6. The molecule has 0 radical (unpaired) electrons. The smallest absolute Gasteiger partial charge is 0.326 e. The molecule has 0 bridgehead atoms. The van der Waals surface area contributed by atoms with Gasteiger partial charge in [-0.25, -0.2) is 14.0 Å². The highest BCUT2D eigenvalue weighted by molar-refractivity contribution is 9.10. The zero-order valence-electron chi connectivity index (χ0n) is 9.82. The van der Waals surface area contributed by atoms with Crippen LogP contribution in [-0.2, 0) is 4.79 Å². The molecule has 0 fully saturated rings. The topological polar surface area (TPSA) is 78.4 Å². The van der Waals surface area contributed by atoms with E-state index >= 15 is 0 Å². The number of carboxylic acids is 1. The van der Waals surface area contributed by atoms with Gasteiger partial charge in [-0.2, -0.15) is 0 Å². The number of hydrogen-bond acceptors (Lipinski definition) is 2. The summed E-state index contributed by atoms with van der Waals surface area (Å²) in [5.74, 6) is -1.61. The van der Waals surface area contributed by atoms with E-state index in [9.17, 15) is 14.0 Å². The number of carboxylic acid groups (broad SMARTS) is 1. The van der Waals surface area contributed by atoms with Crippen molar-refractivity contribution in [1.82, 2.24) is 5.32 Å². The van der Waals surface area contributed by atoms with Crippen molar-refractivity contribution in [1.29, 1.82) is 0 Å². The van der Waals surface area contributed by atoms with E-state index in [1.165, 1.54) is 24.3 Å². The Hall–Kier alpha value is -1.89. The van der Waals surface area contributed by atoms with Gasteiger partial charge in [-0.1, -0.05) is 6.08 Å². The summed E-state index contributed by atoms with van der Waals surface area (Å²) in [4.78, 5) is 22.4. The highest BCUT2D eigenvalue weighted by Gasteiger charge is 2.18. The number of anilines is 1. The monoisotopic (exact) mass is 330 g/mol. The molecule has 0 spiro atoms. The largest absolute Gasteiger partial charge is 0.480 e. The number of rotatable bonds is 5. The van der Waals surface area contributed by atoms with Crippen LogP contribution in [0.4, 0.5) is 14.9 Å². The number of hydrogen-bond donors (Lipinski definition) is 3. The Morgan fingerprint density at radius 1 is 1.53 bits per heavy atom. The zero-order valence-corrected chi connectivity index (χ0v) is 11.4. The van der Waals surface area contributed by atoms with Crippen LogP contribution in [0.25, 0.3) is 0 Å². The number of nitrogens with one attached hydrogen (secondary N) is 2. The summed E-state index contributed by atoms with van der Waals surface area (Å²) in [7, 11) is 0. The molecule has 19 heavy (non-hydrogen) atoms. The molecule has 1 aromatic carbocycles. The van der Waals surface area contributed by atoms with E-state index in [1.54, 1.807) is 0 Å². The van der Waals surface area contributed by atoms with Gasteiger partial charge in [0.25, 0.3) is 0 Å². The minimum Gasteiger partial charge on any atom is -0.480 e. The van der Waals surface area contributed by atoms with E-state index in [2.05, 4.69) is 33.1 Å². The van der Waals surface area contributed by atoms with Gasteiger partial charge in [-0.3, -0.25) is 0 Å². The summed E-state index contributed by atoms with van der Waals surface area (Å²) >= 11 is 3.09. The Morgan fingerprint density at radius 2 is 2.21 bits per heavy atom. The minimum atomic E-state index is -1.16. The number of amides is 2.